The number of thiazole rings is 1. The van der Waals surface area contributed by atoms with Crippen LogP contribution in [-0.4, -0.2) is 18.0 Å². The number of anilines is 1. The molecular weight excluding hydrogens is 340 g/mol. The van der Waals surface area contributed by atoms with E-state index < -0.39 is 0 Å². The third-order valence-corrected chi connectivity index (χ3v) is 4.21. The molecule has 0 radical (unpaired) electrons. The number of amides is 1. The van der Waals surface area contributed by atoms with Crippen molar-refractivity contribution in [2.45, 2.75) is 19.8 Å². The van der Waals surface area contributed by atoms with E-state index in [4.69, 9.17) is 4.74 Å². The fourth-order valence-corrected chi connectivity index (χ4v) is 2.84. The van der Waals surface area contributed by atoms with Crippen LogP contribution >= 0.6 is 27.3 Å². The van der Waals surface area contributed by atoms with E-state index in [1.165, 1.54) is 0 Å². The Hall–Kier alpha value is -1.40. The molecule has 1 N–H and O–H groups in total. The van der Waals surface area contributed by atoms with Crippen LogP contribution in [0.25, 0.3) is 0 Å². The molecule has 4 nitrogen and oxygen atoms in total. The Morgan fingerprint density at radius 3 is 2.95 bits per heavy atom. The Balaban J connectivity index is 2.06. The Morgan fingerprint density at radius 1 is 1.50 bits per heavy atom. The Kier molecular flexibility index (Phi) is 5.14. The molecule has 2 aromatic rings. The van der Waals surface area contributed by atoms with Crippen LogP contribution in [0.5, 0.6) is 5.75 Å². The first-order valence-electron chi connectivity index (χ1n) is 6.19. The first-order chi connectivity index (χ1) is 9.62. The summed E-state index contributed by atoms with van der Waals surface area (Å²) in [6.07, 6.45) is 1.16. The third kappa shape index (κ3) is 3.80. The molecule has 6 heteroatoms. The van der Waals surface area contributed by atoms with Crippen molar-refractivity contribution < 1.29 is 9.53 Å². The van der Waals surface area contributed by atoms with Crippen molar-refractivity contribution >= 4 is 38.9 Å². The summed E-state index contributed by atoms with van der Waals surface area (Å²) in [7, 11) is 1.58. The third-order valence-electron chi connectivity index (χ3n) is 2.68. The zero-order valence-corrected chi connectivity index (χ0v) is 13.7. The SMILES string of the molecule is CCc1nc(CC(=O)Nc2cc(Br)ccc2OC)cs1. The highest BCUT2D eigenvalue weighted by Gasteiger charge is 2.10. The standard InChI is InChI=1S/C14H15BrN2O2S/c1-3-14-16-10(8-20-14)7-13(18)17-11-6-9(15)4-5-12(11)19-2/h4-6,8H,3,7H2,1-2H3,(H,17,18). The Morgan fingerprint density at radius 2 is 2.30 bits per heavy atom. The predicted molar refractivity (Wildman–Crippen MR) is 84.5 cm³/mol. The molecule has 20 heavy (non-hydrogen) atoms. The topological polar surface area (TPSA) is 51.2 Å². The molecule has 2 rings (SSSR count). The van der Waals surface area contributed by atoms with Crippen LogP contribution in [-0.2, 0) is 17.6 Å². The van der Waals surface area contributed by atoms with Gasteiger partial charge in [0.25, 0.3) is 0 Å². The zero-order valence-electron chi connectivity index (χ0n) is 11.3. The highest BCUT2D eigenvalue weighted by Crippen LogP contribution is 2.28. The number of rotatable bonds is 5. The van der Waals surface area contributed by atoms with E-state index in [9.17, 15) is 4.79 Å². The maximum atomic E-state index is 12.0. The van der Waals surface area contributed by atoms with Gasteiger partial charge in [0.05, 0.1) is 29.9 Å². The Labute approximate surface area is 130 Å². The van der Waals surface area contributed by atoms with Gasteiger partial charge >= 0.3 is 0 Å². The summed E-state index contributed by atoms with van der Waals surface area (Å²) in [6, 6.07) is 5.48. The van der Waals surface area contributed by atoms with Gasteiger partial charge in [0.1, 0.15) is 5.75 Å². The van der Waals surface area contributed by atoms with Crippen LogP contribution in [0.3, 0.4) is 0 Å². The number of benzene rings is 1. The number of carbonyl (C=O) groups excluding carboxylic acids is 1. The quantitative estimate of drug-likeness (QED) is 0.891. The van der Waals surface area contributed by atoms with Crippen LogP contribution in [0.4, 0.5) is 5.69 Å². The number of hydrogen-bond donors (Lipinski definition) is 1. The molecule has 0 aliphatic rings. The van der Waals surface area contributed by atoms with Gasteiger partial charge in [0.15, 0.2) is 0 Å². The van der Waals surface area contributed by atoms with E-state index in [0.29, 0.717) is 11.4 Å². The molecule has 0 aliphatic carbocycles. The molecule has 0 saturated carbocycles. The van der Waals surface area contributed by atoms with Crippen molar-refractivity contribution in [3.05, 3.63) is 38.8 Å². The molecule has 0 unspecified atom stereocenters. The van der Waals surface area contributed by atoms with Crippen molar-refractivity contribution in [1.82, 2.24) is 4.98 Å². The van der Waals surface area contributed by atoms with E-state index in [0.717, 1.165) is 21.6 Å². The van der Waals surface area contributed by atoms with E-state index in [-0.39, 0.29) is 12.3 Å². The summed E-state index contributed by atoms with van der Waals surface area (Å²) in [4.78, 5) is 16.4. The van der Waals surface area contributed by atoms with Gasteiger partial charge < -0.3 is 10.1 Å². The normalized spacial score (nSPS) is 10.3. The molecule has 1 amide bonds. The van der Waals surface area contributed by atoms with Crippen LogP contribution in [0.1, 0.15) is 17.6 Å². The van der Waals surface area contributed by atoms with Gasteiger partial charge in [-0.15, -0.1) is 11.3 Å². The molecule has 1 aromatic heterocycles. The van der Waals surface area contributed by atoms with Crippen molar-refractivity contribution in [1.29, 1.82) is 0 Å². The number of aromatic nitrogens is 1. The average molecular weight is 355 g/mol. The van der Waals surface area contributed by atoms with Crippen molar-refractivity contribution in [3.63, 3.8) is 0 Å². The minimum absolute atomic E-state index is 0.102. The van der Waals surface area contributed by atoms with E-state index in [2.05, 4.69) is 33.2 Å². The summed E-state index contributed by atoms with van der Waals surface area (Å²) in [5.74, 6) is 0.531. The average Bonchev–Trinajstić information content (AvgIpc) is 2.86. The fraction of sp³-hybridized carbons (Fsp3) is 0.286. The molecule has 0 bridgehead atoms. The fourth-order valence-electron chi connectivity index (χ4n) is 1.73. The molecule has 0 spiro atoms. The summed E-state index contributed by atoms with van der Waals surface area (Å²) in [5.41, 5.74) is 1.45. The number of carbonyl (C=O) groups is 1. The van der Waals surface area contributed by atoms with Crippen molar-refractivity contribution in [3.8, 4) is 5.75 Å². The van der Waals surface area contributed by atoms with E-state index >= 15 is 0 Å². The second kappa shape index (κ2) is 6.85. The lowest BCUT2D eigenvalue weighted by Gasteiger charge is -2.10. The zero-order chi connectivity index (χ0) is 14.5. The largest absolute Gasteiger partial charge is 0.495 e. The van der Waals surface area contributed by atoms with Gasteiger partial charge in [0, 0.05) is 9.85 Å². The first-order valence-corrected chi connectivity index (χ1v) is 7.86. The molecule has 0 atom stereocenters. The van der Waals surface area contributed by atoms with Gasteiger partial charge in [-0.3, -0.25) is 4.79 Å². The molecule has 106 valence electrons. The van der Waals surface area contributed by atoms with Crippen LogP contribution < -0.4 is 10.1 Å². The molecule has 1 aromatic carbocycles. The number of methoxy groups -OCH3 is 1. The minimum atomic E-state index is -0.102. The second-order valence-electron chi connectivity index (χ2n) is 4.16. The van der Waals surface area contributed by atoms with Gasteiger partial charge in [-0.2, -0.15) is 0 Å². The maximum Gasteiger partial charge on any atom is 0.230 e. The van der Waals surface area contributed by atoms with E-state index in [1.807, 2.05) is 17.5 Å². The molecular formula is C14H15BrN2O2S. The molecule has 0 aliphatic heterocycles. The number of ether oxygens (including phenoxy) is 1. The van der Waals surface area contributed by atoms with Gasteiger partial charge in [-0.1, -0.05) is 22.9 Å². The van der Waals surface area contributed by atoms with Crippen molar-refractivity contribution in [2.24, 2.45) is 0 Å². The maximum absolute atomic E-state index is 12.0. The molecule has 0 fully saturated rings. The smallest absolute Gasteiger partial charge is 0.230 e. The lowest BCUT2D eigenvalue weighted by Crippen LogP contribution is -2.15. The van der Waals surface area contributed by atoms with Gasteiger partial charge in [0.2, 0.25) is 5.91 Å². The number of nitrogens with zero attached hydrogens (tertiary/aromatic N) is 1. The molecule has 0 saturated heterocycles. The number of hydrogen-bond acceptors (Lipinski definition) is 4. The highest BCUT2D eigenvalue weighted by molar-refractivity contribution is 9.10. The number of halogens is 1. The van der Waals surface area contributed by atoms with Crippen molar-refractivity contribution in [2.75, 3.05) is 12.4 Å². The monoisotopic (exact) mass is 354 g/mol. The lowest BCUT2D eigenvalue weighted by atomic mass is 10.2. The Bertz CT molecular complexity index is 613. The van der Waals surface area contributed by atoms with Crippen LogP contribution in [0.2, 0.25) is 0 Å². The van der Waals surface area contributed by atoms with E-state index in [1.54, 1.807) is 24.5 Å². The minimum Gasteiger partial charge on any atom is -0.495 e. The highest BCUT2D eigenvalue weighted by atomic mass is 79.9. The summed E-state index contributed by atoms with van der Waals surface area (Å²) >= 11 is 4.96. The number of nitrogens with one attached hydrogen (secondary N) is 1. The predicted octanol–water partition coefficient (Wildman–Crippen LogP) is 3.66. The van der Waals surface area contributed by atoms with Crippen LogP contribution in [0.15, 0.2) is 28.1 Å². The number of aryl methyl sites for hydroxylation is 1. The van der Waals surface area contributed by atoms with Gasteiger partial charge in [-0.05, 0) is 24.6 Å². The molecule has 1 heterocycles. The summed E-state index contributed by atoms with van der Waals surface area (Å²) in [5, 5.41) is 5.82. The summed E-state index contributed by atoms with van der Waals surface area (Å²) in [6.45, 7) is 2.05. The summed E-state index contributed by atoms with van der Waals surface area (Å²) < 4.78 is 6.11. The second-order valence-corrected chi connectivity index (χ2v) is 6.01. The first kappa shape index (κ1) is 15.0. The lowest BCUT2D eigenvalue weighted by molar-refractivity contribution is -0.115. The van der Waals surface area contributed by atoms with Crippen LogP contribution in [0, 0.1) is 0 Å². The van der Waals surface area contributed by atoms with Gasteiger partial charge in [-0.25, -0.2) is 4.98 Å².